The van der Waals surface area contributed by atoms with Crippen LogP contribution in [0.15, 0.2) is 0 Å². The first-order valence-electron chi connectivity index (χ1n) is 9.19. The normalized spacial score (nSPS) is 27.1. The molecule has 0 bridgehead atoms. The van der Waals surface area contributed by atoms with Crippen LogP contribution in [0.1, 0.15) is 27.7 Å². The molecule has 0 aromatic carbocycles. The largest absolute Gasteiger partial charge is 0.444 e. The van der Waals surface area contributed by atoms with Gasteiger partial charge in [0.05, 0.1) is 25.1 Å². The molecule has 1 aliphatic rings. The van der Waals surface area contributed by atoms with Crippen molar-refractivity contribution in [3.8, 4) is 0 Å². The Morgan fingerprint density at radius 2 is 1.62 bits per heavy atom. The van der Waals surface area contributed by atoms with Crippen molar-refractivity contribution in [2.75, 3.05) is 25.6 Å². The second-order valence-electron chi connectivity index (χ2n) is 7.61. The standard InChI is InChI=1S/C17H31N3O8S/c1-9-13(24)14(25)10(7-21)27-15(9)29-8-20-12(23)5-18-11(22)6-19-16(26)28-17(2,3)4/h9-10,13-15,21,24-25H,5-8H2,1-4H3,(H,18,22)(H,19,26)(H,20,23)/t9?,10?,13?,14-,15-/m0/s1. The Morgan fingerprint density at radius 1 is 1.03 bits per heavy atom. The molecule has 11 nitrogen and oxygen atoms in total. The van der Waals surface area contributed by atoms with E-state index in [0.29, 0.717) is 0 Å². The van der Waals surface area contributed by atoms with Crippen molar-refractivity contribution in [2.45, 2.75) is 57.0 Å². The van der Waals surface area contributed by atoms with E-state index in [0.717, 1.165) is 0 Å². The third kappa shape index (κ3) is 9.17. The monoisotopic (exact) mass is 437 g/mol. The molecule has 0 radical (unpaired) electrons. The van der Waals surface area contributed by atoms with Gasteiger partial charge in [-0.15, -0.1) is 11.8 Å². The summed E-state index contributed by atoms with van der Waals surface area (Å²) < 4.78 is 10.5. The maximum atomic E-state index is 11.8. The quantitative estimate of drug-likeness (QED) is 0.248. The molecule has 1 fully saturated rings. The minimum absolute atomic E-state index is 0.140. The topological polar surface area (TPSA) is 166 Å². The minimum atomic E-state index is -1.18. The number of carbonyl (C=O) groups excluding carboxylic acids is 3. The Balaban J connectivity index is 2.25. The number of nitrogens with one attached hydrogen (secondary N) is 3. The van der Waals surface area contributed by atoms with Gasteiger partial charge in [-0.1, -0.05) is 6.92 Å². The second kappa shape index (κ2) is 11.6. The maximum absolute atomic E-state index is 11.8. The van der Waals surface area contributed by atoms with E-state index >= 15 is 0 Å². The van der Waals surface area contributed by atoms with E-state index in [1.54, 1.807) is 27.7 Å². The summed E-state index contributed by atoms with van der Waals surface area (Å²) in [6.45, 7) is 5.74. The lowest BCUT2D eigenvalue weighted by atomic mass is 9.94. The smallest absolute Gasteiger partial charge is 0.408 e. The first-order chi connectivity index (χ1) is 13.4. The van der Waals surface area contributed by atoms with Crippen molar-refractivity contribution in [3.63, 3.8) is 0 Å². The van der Waals surface area contributed by atoms with E-state index in [1.807, 2.05) is 0 Å². The molecule has 0 saturated carbocycles. The molecule has 1 rings (SSSR count). The average Bonchev–Trinajstić information content (AvgIpc) is 2.63. The molecule has 1 heterocycles. The van der Waals surface area contributed by atoms with Crippen molar-refractivity contribution in [2.24, 2.45) is 5.92 Å². The van der Waals surface area contributed by atoms with Gasteiger partial charge in [0.2, 0.25) is 11.8 Å². The van der Waals surface area contributed by atoms with E-state index in [2.05, 4.69) is 16.0 Å². The van der Waals surface area contributed by atoms with Crippen LogP contribution in [0.25, 0.3) is 0 Å². The fourth-order valence-corrected chi connectivity index (χ4v) is 3.48. The van der Waals surface area contributed by atoms with Gasteiger partial charge < -0.3 is 40.7 Å². The Kier molecular flexibility index (Phi) is 10.1. The zero-order valence-corrected chi connectivity index (χ0v) is 17.8. The highest BCUT2D eigenvalue weighted by atomic mass is 32.2. The lowest BCUT2D eigenvalue weighted by Gasteiger charge is -2.40. The average molecular weight is 438 g/mol. The van der Waals surface area contributed by atoms with Gasteiger partial charge in [0, 0.05) is 5.92 Å². The van der Waals surface area contributed by atoms with Crippen LogP contribution in [0, 0.1) is 5.92 Å². The van der Waals surface area contributed by atoms with E-state index < -0.39 is 59.8 Å². The summed E-state index contributed by atoms with van der Waals surface area (Å²) in [5, 5.41) is 36.2. The highest BCUT2D eigenvalue weighted by molar-refractivity contribution is 7.99. The van der Waals surface area contributed by atoms with Crippen LogP contribution >= 0.6 is 11.8 Å². The maximum Gasteiger partial charge on any atom is 0.408 e. The van der Waals surface area contributed by atoms with Gasteiger partial charge in [-0.3, -0.25) is 9.59 Å². The predicted octanol–water partition coefficient (Wildman–Crippen LogP) is -1.49. The number of alkyl carbamates (subject to hydrolysis) is 1. The predicted molar refractivity (Wildman–Crippen MR) is 105 cm³/mol. The van der Waals surface area contributed by atoms with E-state index in [9.17, 15) is 29.7 Å². The molecule has 0 aliphatic carbocycles. The number of carbonyl (C=O) groups is 3. The number of thioether (sulfide) groups is 1. The van der Waals surface area contributed by atoms with Crippen molar-refractivity contribution in [3.05, 3.63) is 0 Å². The minimum Gasteiger partial charge on any atom is -0.444 e. The SMILES string of the molecule is CC1C(O)[C@@H](O)C(CO)O[C@H]1SCNC(=O)CNC(=O)CNC(=O)OC(C)(C)C. The third-order valence-electron chi connectivity index (χ3n) is 3.94. The van der Waals surface area contributed by atoms with E-state index in [1.165, 1.54) is 11.8 Å². The first kappa shape index (κ1) is 25.4. The molecule has 0 spiro atoms. The Labute approximate surface area is 173 Å². The van der Waals surface area contributed by atoms with Crippen molar-refractivity contribution >= 4 is 29.7 Å². The summed E-state index contributed by atoms with van der Waals surface area (Å²) in [5.41, 5.74) is -1.21. The van der Waals surface area contributed by atoms with Crippen molar-refractivity contribution < 1.29 is 39.2 Å². The molecule has 5 atom stereocenters. The molecule has 1 aliphatic heterocycles. The van der Waals surface area contributed by atoms with Crippen molar-refractivity contribution in [1.29, 1.82) is 0 Å². The zero-order valence-electron chi connectivity index (χ0n) is 17.0. The lowest BCUT2D eigenvalue weighted by molar-refractivity contribution is -0.181. The first-order valence-corrected chi connectivity index (χ1v) is 10.2. The Bertz CT molecular complexity index is 569. The number of ether oxygens (including phenoxy) is 2. The van der Waals surface area contributed by atoms with Gasteiger partial charge in [-0.25, -0.2) is 4.79 Å². The molecule has 6 N–H and O–H groups in total. The molecular formula is C17H31N3O8S. The molecule has 1 saturated heterocycles. The van der Waals surface area contributed by atoms with Crippen LogP contribution in [0.2, 0.25) is 0 Å². The van der Waals surface area contributed by atoms with Gasteiger partial charge in [0.1, 0.15) is 29.8 Å². The molecule has 0 aromatic heterocycles. The highest BCUT2D eigenvalue weighted by Gasteiger charge is 2.41. The van der Waals surface area contributed by atoms with Crippen LogP contribution in [0.5, 0.6) is 0 Å². The van der Waals surface area contributed by atoms with Gasteiger partial charge in [0.25, 0.3) is 0 Å². The van der Waals surface area contributed by atoms with Gasteiger partial charge in [-0.2, -0.15) is 0 Å². The van der Waals surface area contributed by atoms with Crippen LogP contribution in [0.4, 0.5) is 4.79 Å². The fourth-order valence-electron chi connectivity index (χ4n) is 2.39. The fraction of sp³-hybridized carbons (Fsp3) is 0.824. The van der Waals surface area contributed by atoms with Gasteiger partial charge in [-0.05, 0) is 20.8 Å². The van der Waals surface area contributed by atoms with Gasteiger partial charge in [0.15, 0.2) is 0 Å². The third-order valence-corrected chi connectivity index (χ3v) is 5.12. The number of amides is 3. The van der Waals surface area contributed by atoms with Crippen LogP contribution in [-0.4, -0.2) is 88.1 Å². The van der Waals surface area contributed by atoms with Crippen molar-refractivity contribution in [1.82, 2.24) is 16.0 Å². The number of hydrogen-bond donors (Lipinski definition) is 6. The summed E-state index contributed by atoms with van der Waals surface area (Å²) in [7, 11) is 0. The molecule has 168 valence electrons. The van der Waals surface area contributed by atoms with Crippen LogP contribution < -0.4 is 16.0 Å². The van der Waals surface area contributed by atoms with E-state index in [4.69, 9.17) is 9.47 Å². The Hall–Kier alpha value is -1.60. The molecular weight excluding hydrogens is 406 g/mol. The molecule has 29 heavy (non-hydrogen) atoms. The number of aliphatic hydroxyl groups excluding tert-OH is 3. The summed E-state index contributed by atoms with van der Waals surface area (Å²) in [6.07, 6.45) is -3.86. The molecule has 0 aromatic rings. The lowest BCUT2D eigenvalue weighted by Crippen LogP contribution is -2.54. The summed E-state index contributed by atoms with van der Waals surface area (Å²) >= 11 is 1.19. The molecule has 12 heteroatoms. The molecule has 3 amide bonds. The van der Waals surface area contributed by atoms with E-state index in [-0.39, 0.29) is 19.0 Å². The Morgan fingerprint density at radius 3 is 2.21 bits per heavy atom. The van der Waals surface area contributed by atoms with Crippen LogP contribution in [0.3, 0.4) is 0 Å². The number of aliphatic hydroxyl groups is 3. The summed E-state index contributed by atoms with van der Waals surface area (Å²) in [5.74, 6) is -1.27. The van der Waals surface area contributed by atoms with Gasteiger partial charge >= 0.3 is 6.09 Å². The highest BCUT2D eigenvalue weighted by Crippen LogP contribution is 2.32. The second-order valence-corrected chi connectivity index (χ2v) is 8.70. The zero-order chi connectivity index (χ0) is 22.2. The summed E-state index contributed by atoms with van der Waals surface area (Å²) in [4.78, 5) is 34.9. The summed E-state index contributed by atoms with van der Waals surface area (Å²) in [6, 6.07) is 0. The molecule has 3 unspecified atom stereocenters. The number of hydrogen-bond acceptors (Lipinski definition) is 9. The van der Waals surface area contributed by atoms with Crippen LogP contribution in [-0.2, 0) is 19.1 Å². The number of rotatable bonds is 8.